The number of carbonyl (C=O) groups is 1. The van der Waals surface area contributed by atoms with Gasteiger partial charge < -0.3 is 9.64 Å². The predicted molar refractivity (Wildman–Crippen MR) is 111 cm³/mol. The topological polar surface area (TPSA) is 29.5 Å². The van der Waals surface area contributed by atoms with E-state index in [1.807, 2.05) is 7.05 Å². The summed E-state index contributed by atoms with van der Waals surface area (Å²) in [7, 11) is 2.03. The van der Waals surface area contributed by atoms with Crippen LogP contribution in [0.3, 0.4) is 0 Å². The number of ether oxygens (including phenoxy) is 1. The summed E-state index contributed by atoms with van der Waals surface area (Å²) in [6, 6.07) is 10.7. The van der Waals surface area contributed by atoms with E-state index in [2.05, 4.69) is 49.1 Å². The summed E-state index contributed by atoms with van der Waals surface area (Å²) in [4.78, 5) is 14.6. The zero-order chi connectivity index (χ0) is 19.5. The average molecular weight is 382 g/mol. The van der Waals surface area contributed by atoms with E-state index in [9.17, 15) is 4.79 Å². The molecule has 1 heterocycles. The first-order valence-corrected chi connectivity index (χ1v) is 11.4. The third kappa shape index (κ3) is 2.64. The summed E-state index contributed by atoms with van der Waals surface area (Å²) in [5.41, 5.74) is 0.743. The van der Waals surface area contributed by atoms with Crippen LogP contribution >= 0.6 is 0 Å². The number of hydrogen-bond acceptors (Lipinski definition) is 2. The molecule has 0 N–H and O–H groups in total. The molecule has 1 amide bonds. The van der Waals surface area contributed by atoms with Crippen LogP contribution < -0.4 is 4.74 Å². The largest absolute Gasteiger partial charge is 0.490 e. The zero-order valence-corrected chi connectivity index (χ0v) is 17.7. The van der Waals surface area contributed by atoms with Gasteiger partial charge in [0, 0.05) is 31.8 Å². The monoisotopic (exact) mass is 381 g/mol. The van der Waals surface area contributed by atoms with Crippen LogP contribution in [-0.2, 0) is 4.79 Å². The SMILES string of the molecule is CN1C(=O)CC[C@]2(C)[C@H]3CC[C@]4(C)CCC[C@H]4[C@@H]3[C@H](Oc3ccccc3)C[C@@H]12. The molecule has 1 aromatic carbocycles. The predicted octanol–water partition coefficient (Wildman–Crippen LogP) is 5.30. The van der Waals surface area contributed by atoms with Gasteiger partial charge in [0.1, 0.15) is 11.9 Å². The van der Waals surface area contributed by atoms with Gasteiger partial charge in [0.05, 0.1) is 0 Å². The first-order valence-electron chi connectivity index (χ1n) is 11.4. The molecule has 28 heavy (non-hydrogen) atoms. The van der Waals surface area contributed by atoms with Crippen molar-refractivity contribution in [2.45, 2.75) is 77.4 Å². The molecular formula is C25H35NO2. The summed E-state index contributed by atoms with van der Waals surface area (Å²) < 4.78 is 6.72. The number of para-hydroxylation sites is 1. The molecular weight excluding hydrogens is 346 g/mol. The van der Waals surface area contributed by atoms with Crippen LogP contribution in [-0.4, -0.2) is 30.0 Å². The van der Waals surface area contributed by atoms with Gasteiger partial charge in [0.15, 0.2) is 0 Å². The standard InChI is InChI=1S/C25H35NO2/c1-24-13-7-10-18(24)23-19(11-14-24)25(2)15-12-22(27)26(3)21(25)16-20(23)28-17-8-5-4-6-9-17/h4-6,8-9,18-21,23H,7,10-16H2,1-3H3/t18-,19-,20+,21+,23-,24-,25+/m0/s1. The smallest absolute Gasteiger partial charge is 0.222 e. The lowest BCUT2D eigenvalue weighted by Gasteiger charge is -2.63. The van der Waals surface area contributed by atoms with Crippen molar-refractivity contribution in [1.82, 2.24) is 4.90 Å². The second-order valence-electron chi connectivity index (χ2n) is 10.6. The summed E-state index contributed by atoms with van der Waals surface area (Å²) in [6.45, 7) is 5.04. The third-order valence-corrected chi connectivity index (χ3v) is 9.38. The molecule has 152 valence electrons. The van der Waals surface area contributed by atoms with E-state index in [-0.39, 0.29) is 11.5 Å². The number of likely N-dealkylation sites (tertiary alicyclic amines) is 1. The molecule has 7 atom stereocenters. The van der Waals surface area contributed by atoms with Crippen molar-refractivity contribution in [3.63, 3.8) is 0 Å². The van der Waals surface area contributed by atoms with E-state index >= 15 is 0 Å². The van der Waals surface area contributed by atoms with Crippen LogP contribution in [0.25, 0.3) is 0 Å². The summed E-state index contributed by atoms with van der Waals surface area (Å²) in [5, 5.41) is 0. The molecule has 1 aromatic rings. The molecule has 0 radical (unpaired) electrons. The minimum atomic E-state index is 0.224. The van der Waals surface area contributed by atoms with Crippen molar-refractivity contribution in [1.29, 1.82) is 0 Å². The molecule has 3 aliphatic carbocycles. The van der Waals surface area contributed by atoms with E-state index < -0.39 is 0 Å². The Balaban J connectivity index is 1.54. The van der Waals surface area contributed by atoms with Gasteiger partial charge in [-0.05, 0) is 66.9 Å². The number of hydrogen-bond donors (Lipinski definition) is 0. The number of amides is 1. The van der Waals surface area contributed by atoms with Crippen molar-refractivity contribution in [2.24, 2.45) is 28.6 Å². The maximum Gasteiger partial charge on any atom is 0.222 e. The molecule has 1 saturated heterocycles. The fourth-order valence-electron chi connectivity index (χ4n) is 7.85. The third-order valence-electron chi connectivity index (χ3n) is 9.38. The highest BCUT2D eigenvalue weighted by molar-refractivity contribution is 5.77. The lowest BCUT2D eigenvalue weighted by atomic mass is 9.47. The Kier molecular flexibility index (Phi) is 4.30. The van der Waals surface area contributed by atoms with Crippen molar-refractivity contribution in [3.05, 3.63) is 30.3 Å². The Morgan fingerprint density at radius 3 is 2.61 bits per heavy atom. The minimum absolute atomic E-state index is 0.224. The van der Waals surface area contributed by atoms with Gasteiger partial charge in [-0.15, -0.1) is 0 Å². The van der Waals surface area contributed by atoms with Gasteiger partial charge in [0.2, 0.25) is 5.91 Å². The van der Waals surface area contributed by atoms with Crippen molar-refractivity contribution >= 4 is 5.91 Å². The Morgan fingerprint density at radius 1 is 1.04 bits per heavy atom. The molecule has 4 aliphatic rings. The molecule has 4 fully saturated rings. The number of fused-ring (bicyclic) bond motifs is 5. The van der Waals surface area contributed by atoms with Crippen LogP contribution in [0.2, 0.25) is 0 Å². The van der Waals surface area contributed by atoms with Crippen molar-refractivity contribution < 1.29 is 9.53 Å². The second-order valence-corrected chi connectivity index (χ2v) is 10.6. The quantitative estimate of drug-likeness (QED) is 0.696. The first kappa shape index (κ1) is 18.5. The Labute approximate surface area is 169 Å². The van der Waals surface area contributed by atoms with Gasteiger partial charge in [0.25, 0.3) is 0 Å². The Hall–Kier alpha value is -1.51. The molecule has 5 rings (SSSR count). The van der Waals surface area contributed by atoms with Crippen molar-refractivity contribution in [2.75, 3.05) is 7.05 Å². The van der Waals surface area contributed by atoms with E-state index in [0.717, 1.165) is 30.9 Å². The van der Waals surface area contributed by atoms with Crippen LogP contribution in [0.1, 0.15) is 65.2 Å². The molecule has 0 spiro atoms. The van der Waals surface area contributed by atoms with Crippen LogP contribution in [0.4, 0.5) is 0 Å². The zero-order valence-electron chi connectivity index (χ0n) is 17.7. The lowest BCUT2D eigenvalue weighted by Crippen LogP contribution is -2.65. The number of nitrogens with zero attached hydrogens (tertiary/aromatic N) is 1. The summed E-state index contributed by atoms with van der Waals surface area (Å²) in [6.07, 6.45) is 9.78. The highest BCUT2D eigenvalue weighted by Gasteiger charge is 2.62. The Morgan fingerprint density at radius 2 is 1.82 bits per heavy atom. The average Bonchev–Trinajstić information content (AvgIpc) is 3.09. The van der Waals surface area contributed by atoms with Gasteiger partial charge in [-0.2, -0.15) is 0 Å². The first-order chi connectivity index (χ1) is 13.4. The Bertz CT molecular complexity index is 748. The molecule has 1 aliphatic heterocycles. The van der Waals surface area contributed by atoms with E-state index in [4.69, 9.17) is 4.74 Å². The van der Waals surface area contributed by atoms with E-state index in [1.165, 1.54) is 32.1 Å². The minimum Gasteiger partial charge on any atom is -0.490 e. The maximum atomic E-state index is 12.5. The number of carbonyl (C=O) groups excluding carboxylic acids is 1. The maximum absolute atomic E-state index is 12.5. The van der Waals surface area contributed by atoms with E-state index in [1.54, 1.807) is 0 Å². The van der Waals surface area contributed by atoms with Crippen LogP contribution in [0, 0.1) is 28.6 Å². The molecule has 3 nitrogen and oxygen atoms in total. The van der Waals surface area contributed by atoms with Gasteiger partial charge in [-0.3, -0.25) is 4.79 Å². The second kappa shape index (κ2) is 6.50. The number of benzene rings is 1. The van der Waals surface area contributed by atoms with Crippen LogP contribution in [0.15, 0.2) is 30.3 Å². The number of piperidine rings is 1. The van der Waals surface area contributed by atoms with Gasteiger partial charge in [-0.1, -0.05) is 38.5 Å². The van der Waals surface area contributed by atoms with E-state index in [0.29, 0.717) is 29.2 Å². The summed E-state index contributed by atoms with van der Waals surface area (Å²) in [5.74, 6) is 3.39. The molecule has 0 bridgehead atoms. The van der Waals surface area contributed by atoms with Gasteiger partial charge in [-0.25, -0.2) is 0 Å². The molecule has 0 unspecified atom stereocenters. The normalized spacial score (nSPS) is 45.2. The highest BCUT2D eigenvalue weighted by Crippen LogP contribution is 2.65. The van der Waals surface area contributed by atoms with Crippen LogP contribution in [0.5, 0.6) is 5.75 Å². The fraction of sp³-hybridized carbons (Fsp3) is 0.720. The highest BCUT2D eigenvalue weighted by atomic mass is 16.5. The lowest BCUT2D eigenvalue weighted by molar-refractivity contribution is -0.173. The van der Waals surface area contributed by atoms with Crippen molar-refractivity contribution in [3.8, 4) is 5.75 Å². The molecule has 3 heteroatoms. The number of rotatable bonds is 2. The fourth-order valence-corrected chi connectivity index (χ4v) is 7.85. The molecule has 3 saturated carbocycles. The summed E-state index contributed by atoms with van der Waals surface area (Å²) >= 11 is 0. The van der Waals surface area contributed by atoms with Gasteiger partial charge >= 0.3 is 0 Å². The molecule has 0 aromatic heterocycles.